The number of para-hydroxylation sites is 2. The number of hydrogen-bond donors (Lipinski definition) is 0. The van der Waals surface area contributed by atoms with E-state index in [4.69, 9.17) is 14.2 Å². The van der Waals surface area contributed by atoms with Gasteiger partial charge in [0.25, 0.3) is 0 Å². The van der Waals surface area contributed by atoms with Crippen LogP contribution in [-0.2, 0) is 19.9 Å². The first-order valence-corrected chi connectivity index (χ1v) is 10.6. The van der Waals surface area contributed by atoms with Gasteiger partial charge in [0.05, 0.1) is 20.8 Å². The van der Waals surface area contributed by atoms with Crippen LogP contribution in [0, 0.1) is 0 Å². The van der Waals surface area contributed by atoms with Crippen LogP contribution < -0.4 is 14.2 Å². The van der Waals surface area contributed by atoms with E-state index < -0.39 is 0 Å². The van der Waals surface area contributed by atoms with Crippen LogP contribution in [0.3, 0.4) is 0 Å². The highest BCUT2D eigenvalue weighted by Crippen LogP contribution is 2.26. The third-order valence-electron chi connectivity index (χ3n) is 4.59. The highest BCUT2D eigenvalue weighted by atomic mass is 32.2. The van der Waals surface area contributed by atoms with E-state index in [1.807, 2.05) is 43.4 Å². The van der Waals surface area contributed by atoms with E-state index in [9.17, 15) is 0 Å². The van der Waals surface area contributed by atoms with Crippen molar-refractivity contribution in [3.05, 3.63) is 59.9 Å². The second-order valence-electron chi connectivity index (χ2n) is 6.51. The molecule has 0 amide bonds. The van der Waals surface area contributed by atoms with Gasteiger partial charge in [-0.2, -0.15) is 0 Å². The van der Waals surface area contributed by atoms with E-state index in [1.54, 1.807) is 26.0 Å². The van der Waals surface area contributed by atoms with Crippen molar-refractivity contribution in [3.8, 4) is 17.2 Å². The highest BCUT2D eigenvalue weighted by molar-refractivity contribution is 7.99. The molecule has 1 heterocycles. The fourth-order valence-electron chi connectivity index (χ4n) is 2.95. The molecule has 0 spiro atoms. The monoisotopic (exact) mass is 413 g/mol. The summed E-state index contributed by atoms with van der Waals surface area (Å²) in [5.74, 6) is 4.18. The Balaban J connectivity index is 1.42. The quantitative estimate of drug-likeness (QED) is 0.347. The second-order valence-corrected chi connectivity index (χ2v) is 7.57. The SMILES string of the molecule is COc1ccc(CCCc2nnc(SCCOc3ccccc3OC)n2C)cc1. The third-order valence-corrected chi connectivity index (χ3v) is 5.58. The van der Waals surface area contributed by atoms with Crippen LogP contribution in [0.25, 0.3) is 0 Å². The smallest absolute Gasteiger partial charge is 0.191 e. The molecule has 154 valence electrons. The number of thioether (sulfide) groups is 1. The fraction of sp³-hybridized carbons (Fsp3) is 0.364. The van der Waals surface area contributed by atoms with Crippen LogP contribution >= 0.6 is 11.8 Å². The normalized spacial score (nSPS) is 10.7. The van der Waals surface area contributed by atoms with Gasteiger partial charge >= 0.3 is 0 Å². The maximum Gasteiger partial charge on any atom is 0.191 e. The van der Waals surface area contributed by atoms with Crippen LogP contribution in [0.4, 0.5) is 0 Å². The van der Waals surface area contributed by atoms with Gasteiger partial charge in [0.2, 0.25) is 0 Å². The van der Waals surface area contributed by atoms with Crippen LogP contribution in [-0.4, -0.2) is 41.3 Å². The molecule has 0 fully saturated rings. The van der Waals surface area contributed by atoms with Gasteiger partial charge < -0.3 is 18.8 Å². The standard InChI is InChI=1S/C22H27N3O3S/c1-25-21(10-6-7-17-11-13-18(26-2)14-12-17)23-24-22(25)29-16-15-28-20-9-5-4-8-19(20)27-3/h4-5,8-9,11-14H,6-7,10,15-16H2,1-3H3. The molecule has 0 atom stereocenters. The average Bonchev–Trinajstić information content (AvgIpc) is 3.11. The van der Waals surface area contributed by atoms with Gasteiger partial charge in [-0.05, 0) is 42.7 Å². The minimum atomic E-state index is 0.574. The number of aromatic nitrogens is 3. The zero-order chi connectivity index (χ0) is 20.5. The van der Waals surface area contributed by atoms with Crippen molar-refractivity contribution in [2.45, 2.75) is 24.4 Å². The summed E-state index contributed by atoms with van der Waals surface area (Å²) in [6.07, 6.45) is 2.93. The number of ether oxygens (including phenoxy) is 3. The van der Waals surface area contributed by atoms with Gasteiger partial charge in [-0.3, -0.25) is 0 Å². The van der Waals surface area contributed by atoms with Crippen molar-refractivity contribution >= 4 is 11.8 Å². The molecule has 0 radical (unpaired) electrons. The Morgan fingerprint density at radius 1 is 0.897 bits per heavy atom. The van der Waals surface area contributed by atoms with Crippen LogP contribution in [0.1, 0.15) is 17.8 Å². The fourth-order valence-corrected chi connectivity index (χ4v) is 3.70. The predicted molar refractivity (Wildman–Crippen MR) is 115 cm³/mol. The Morgan fingerprint density at radius 2 is 1.66 bits per heavy atom. The average molecular weight is 414 g/mol. The van der Waals surface area contributed by atoms with E-state index in [0.29, 0.717) is 6.61 Å². The van der Waals surface area contributed by atoms with Crippen LogP contribution in [0.15, 0.2) is 53.7 Å². The maximum absolute atomic E-state index is 5.81. The first-order chi connectivity index (χ1) is 14.2. The Morgan fingerprint density at radius 3 is 2.38 bits per heavy atom. The summed E-state index contributed by atoms with van der Waals surface area (Å²) in [7, 11) is 5.35. The number of hydrogen-bond acceptors (Lipinski definition) is 6. The largest absolute Gasteiger partial charge is 0.497 e. The number of nitrogens with zero attached hydrogens (tertiary/aromatic N) is 3. The molecule has 0 saturated carbocycles. The molecule has 0 bridgehead atoms. The molecule has 29 heavy (non-hydrogen) atoms. The van der Waals surface area contributed by atoms with Crippen molar-refractivity contribution in [2.24, 2.45) is 7.05 Å². The molecule has 0 aliphatic rings. The highest BCUT2D eigenvalue weighted by Gasteiger charge is 2.10. The summed E-state index contributed by atoms with van der Waals surface area (Å²) in [6.45, 7) is 0.574. The van der Waals surface area contributed by atoms with E-state index in [1.165, 1.54) is 5.56 Å². The summed E-state index contributed by atoms with van der Waals surface area (Å²) >= 11 is 1.64. The molecule has 0 unspecified atom stereocenters. The Bertz CT molecular complexity index is 897. The first-order valence-electron chi connectivity index (χ1n) is 9.61. The Kier molecular flexibility index (Phi) is 7.81. The molecule has 0 aliphatic heterocycles. The van der Waals surface area contributed by atoms with Gasteiger partial charge in [-0.15, -0.1) is 10.2 Å². The Labute approximate surface area is 176 Å². The number of aryl methyl sites for hydroxylation is 2. The van der Waals surface area contributed by atoms with E-state index in [-0.39, 0.29) is 0 Å². The predicted octanol–water partition coefficient (Wildman–Crippen LogP) is 4.18. The number of rotatable bonds is 11. The second kappa shape index (κ2) is 10.8. The molecule has 1 aromatic heterocycles. The zero-order valence-electron chi connectivity index (χ0n) is 17.1. The van der Waals surface area contributed by atoms with Crippen molar-refractivity contribution in [1.82, 2.24) is 14.8 Å². The third kappa shape index (κ3) is 5.90. The molecule has 3 rings (SSSR count). The summed E-state index contributed by atoms with van der Waals surface area (Å²) in [4.78, 5) is 0. The van der Waals surface area contributed by atoms with E-state index in [0.717, 1.165) is 53.2 Å². The Hall–Kier alpha value is -2.67. The molecule has 6 nitrogen and oxygen atoms in total. The summed E-state index contributed by atoms with van der Waals surface area (Å²) in [6, 6.07) is 15.9. The summed E-state index contributed by atoms with van der Waals surface area (Å²) in [5, 5.41) is 9.58. The van der Waals surface area contributed by atoms with E-state index >= 15 is 0 Å². The first kappa shape index (κ1) is 21.0. The van der Waals surface area contributed by atoms with Crippen molar-refractivity contribution in [2.75, 3.05) is 26.6 Å². The maximum atomic E-state index is 5.81. The minimum Gasteiger partial charge on any atom is -0.497 e. The molecule has 0 N–H and O–H groups in total. The van der Waals surface area contributed by atoms with Gasteiger partial charge in [-0.25, -0.2) is 0 Å². The molecule has 0 aliphatic carbocycles. The molecule has 7 heteroatoms. The minimum absolute atomic E-state index is 0.574. The van der Waals surface area contributed by atoms with Crippen molar-refractivity contribution in [1.29, 1.82) is 0 Å². The lowest BCUT2D eigenvalue weighted by molar-refractivity contribution is 0.313. The van der Waals surface area contributed by atoms with Crippen LogP contribution in [0.2, 0.25) is 0 Å². The molecule has 3 aromatic rings. The van der Waals surface area contributed by atoms with Crippen molar-refractivity contribution in [3.63, 3.8) is 0 Å². The van der Waals surface area contributed by atoms with E-state index in [2.05, 4.69) is 26.9 Å². The summed E-state index contributed by atoms with van der Waals surface area (Å²) in [5.41, 5.74) is 1.30. The molecular formula is C22H27N3O3S. The van der Waals surface area contributed by atoms with Gasteiger partial charge in [0.1, 0.15) is 11.6 Å². The lowest BCUT2D eigenvalue weighted by Gasteiger charge is -2.10. The number of benzene rings is 2. The van der Waals surface area contributed by atoms with Gasteiger partial charge in [-0.1, -0.05) is 36.0 Å². The van der Waals surface area contributed by atoms with Gasteiger partial charge in [0.15, 0.2) is 16.7 Å². The number of methoxy groups -OCH3 is 2. The molecular weight excluding hydrogens is 386 g/mol. The summed E-state index contributed by atoms with van der Waals surface area (Å²) < 4.78 is 18.4. The molecule has 0 saturated heterocycles. The van der Waals surface area contributed by atoms with Crippen molar-refractivity contribution < 1.29 is 14.2 Å². The van der Waals surface area contributed by atoms with Crippen LogP contribution in [0.5, 0.6) is 17.2 Å². The lowest BCUT2D eigenvalue weighted by Crippen LogP contribution is -2.04. The topological polar surface area (TPSA) is 58.4 Å². The molecule has 2 aromatic carbocycles. The lowest BCUT2D eigenvalue weighted by atomic mass is 10.1. The van der Waals surface area contributed by atoms with Gasteiger partial charge in [0, 0.05) is 19.2 Å². The zero-order valence-corrected chi connectivity index (χ0v) is 17.9.